The van der Waals surface area contributed by atoms with Crippen molar-refractivity contribution in [3.63, 3.8) is 0 Å². The van der Waals surface area contributed by atoms with Crippen LogP contribution in [0.15, 0.2) is 36.5 Å². The quantitative estimate of drug-likeness (QED) is 0.841. The molecule has 0 saturated carbocycles. The molecule has 1 heterocycles. The molecule has 1 aromatic heterocycles. The zero-order valence-corrected chi connectivity index (χ0v) is 11.0. The number of aromatic carboxylic acids is 1. The number of carbonyl (C=O) groups is 2. The van der Waals surface area contributed by atoms with E-state index in [-0.39, 0.29) is 11.4 Å². The Balaban J connectivity index is 2.34. The second-order valence-corrected chi connectivity index (χ2v) is 4.05. The first-order chi connectivity index (χ1) is 10.0. The van der Waals surface area contributed by atoms with E-state index in [0.29, 0.717) is 11.3 Å². The number of carboxylic acid groups (broad SMARTS) is 1. The van der Waals surface area contributed by atoms with Gasteiger partial charge in [-0.15, -0.1) is 0 Å². The first kappa shape index (κ1) is 14.4. The second-order valence-electron chi connectivity index (χ2n) is 4.05. The largest absolute Gasteiger partial charge is 0.478 e. The van der Waals surface area contributed by atoms with Gasteiger partial charge in [0.2, 0.25) is 0 Å². The van der Waals surface area contributed by atoms with Crippen LogP contribution < -0.4 is 5.32 Å². The van der Waals surface area contributed by atoms with Gasteiger partial charge in [0, 0.05) is 5.69 Å². The molecule has 21 heavy (non-hydrogen) atoms. The Bertz CT molecular complexity index is 703. The van der Waals surface area contributed by atoms with Crippen molar-refractivity contribution in [2.45, 2.75) is 0 Å². The molecule has 0 atom stereocenters. The normalized spacial score (nSPS) is 10.0. The van der Waals surface area contributed by atoms with E-state index in [0.717, 1.165) is 12.3 Å². The van der Waals surface area contributed by atoms with Crippen molar-refractivity contribution in [1.29, 1.82) is 0 Å². The van der Waals surface area contributed by atoms with Crippen LogP contribution in [0.3, 0.4) is 0 Å². The molecule has 0 aliphatic carbocycles. The highest BCUT2D eigenvalue weighted by atomic mass is 19.1. The molecule has 2 N–H and O–H groups in total. The summed E-state index contributed by atoms with van der Waals surface area (Å²) in [6, 6.07) is 7.10. The van der Waals surface area contributed by atoms with Crippen molar-refractivity contribution < 1.29 is 23.8 Å². The van der Waals surface area contributed by atoms with E-state index in [4.69, 9.17) is 5.11 Å². The van der Waals surface area contributed by atoms with Crippen LogP contribution in [-0.4, -0.2) is 29.1 Å². The molecule has 0 saturated heterocycles. The third-order valence-electron chi connectivity index (χ3n) is 2.63. The number of pyridine rings is 1. The number of aromatic nitrogens is 1. The van der Waals surface area contributed by atoms with Crippen LogP contribution in [0.4, 0.5) is 15.9 Å². The van der Waals surface area contributed by atoms with Gasteiger partial charge in [0.05, 0.1) is 18.9 Å². The number of carboxylic acids is 1. The van der Waals surface area contributed by atoms with Crippen LogP contribution in [0.2, 0.25) is 0 Å². The van der Waals surface area contributed by atoms with Crippen LogP contribution in [0.5, 0.6) is 0 Å². The summed E-state index contributed by atoms with van der Waals surface area (Å²) >= 11 is 0. The number of methoxy groups -OCH3 is 1. The molecule has 0 spiro atoms. The molecule has 6 nitrogen and oxygen atoms in total. The summed E-state index contributed by atoms with van der Waals surface area (Å²) in [6.45, 7) is 0. The van der Waals surface area contributed by atoms with Gasteiger partial charge < -0.3 is 15.2 Å². The summed E-state index contributed by atoms with van der Waals surface area (Å²) in [7, 11) is 1.26. The minimum absolute atomic E-state index is 0.0223. The highest BCUT2D eigenvalue weighted by molar-refractivity contribution is 5.94. The number of ether oxygens (including phenoxy) is 1. The Morgan fingerprint density at radius 3 is 2.76 bits per heavy atom. The van der Waals surface area contributed by atoms with Gasteiger partial charge in [-0.2, -0.15) is 0 Å². The zero-order chi connectivity index (χ0) is 15.4. The summed E-state index contributed by atoms with van der Waals surface area (Å²) in [6.07, 6.45) is 0.902. The van der Waals surface area contributed by atoms with Gasteiger partial charge in [0.15, 0.2) is 0 Å². The van der Waals surface area contributed by atoms with Gasteiger partial charge in [0.25, 0.3) is 0 Å². The number of nitrogens with zero attached hydrogens (tertiary/aromatic N) is 1. The third kappa shape index (κ3) is 3.33. The average molecular weight is 290 g/mol. The van der Waals surface area contributed by atoms with Crippen molar-refractivity contribution in [1.82, 2.24) is 4.98 Å². The number of rotatable bonds is 4. The van der Waals surface area contributed by atoms with E-state index < -0.39 is 17.8 Å². The summed E-state index contributed by atoms with van der Waals surface area (Å²) in [5.74, 6) is -2.61. The summed E-state index contributed by atoms with van der Waals surface area (Å²) in [5.41, 5.74) is 0.416. The molecule has 0 aliphatic heterocycles. The molecule has 2 aromatic rings. The molecule has 0 amide bonds. The van der Waals surface area contributed by atoms with Crippen LogP contribution in [0.1, 0.15) is 20.7 Å². The SMILES string of the molecule is COC(=O)c1cccc(Nc2ncc(F)cc2C(=O)O)c1. The molecule has 108 valence electrons. The molecule has 0 radical (unpaired) electrons. The Morgan fingerprint density at radius 1 is 1.33 bits per heavy atom. The summed E-state index contributed by atoms with van der Waals surface area (Å²) < 4.78 is 17.6. The Labute approximate surface area is 119 Å². The molecule has 1 aromatic carbocycles. The minimum atomic E-state index is -1.31. The number of hydrogen-bond donors (Lipinski definition) is 2. The molecule has 0 bridgehead atoms. The topological polar surface area (TPSA) is 88.5 Å². The number of nitrogens with one attached hydrogen (secondary N) is 1. The fraction of sp³-hybridized carbons (Fsp3) is 0.0714. The molecular formula is C14H11FN2O4. The fourth-order valence-corrected chi connectivity index (χ4v) is 1.68. The molecule has 0 aliphatic rings. The van der Waals surface area contributed by atoms with E-state index in [9.17, 15) is 14.0 Å². The highest BCUT2D eigenvalue weighted by Gasteiger charge is 2.14. The Kier molecular flexibility index (Phi) is 4.13. The Morgan fingerprint density at radius 2 is 2.10 bits per heavy atom. The number of anilines is 2. The number of carbonyl (C=O) groups excluding carboxylic acids is 1. The van der Waals surface area contributed by atoms with Crippen LogP contribution in [0, 0.1) is 5.82 Å². The van der Waals surface area contributed by atoms with Crippen molar-refractivity contribution in [3.8, 4) is 0 Å². The maximum atomic E-state index is 13.0. The van der Waals surface area contributed by atoms with E-state index in [1.54, 1.807) is 18.2 Å². The Hall–Kier alpha value is -2.96. The number of hydrogen-bond acceptors (Lipinski definition) is 5. The number of esters is 1. The first-order valence-electron chi connectivity index (χ1n) is 5.85. The first-order valence-corrected chi connectivity index (χ1v) is 5.85. The van der Waals surface area contributed by atoms with E-state index >= 15 is 0 Å². The lowest BCUT2D eigenvalue weighted by Crippen LogP contribution is -2.06. The predicted octanol–water partition coefficient (Wildman–Crippen LogP) is 2.45. The number of benzene rings is 1. The van der Waals surface area contributed by atoms with E-state index in [1.165, 1.54) is 13.2 Å². The van der Waals surface area contributed by atoms with Crippen molar-refractivity contribution in [3.05, 3.63) is 53.5 Å². The maximum absolute atomic E-state index is 13.0. The summed E-state index contributed by atoms with van der Waals surface area (Å²) in [5, 5.41) is 11.8. The molecule has 7 heteroatoms. The number of halogens is 1. The van der Waals surface area contributed by atoms with Gasteiger partial charge in [-0.25, -0.2) is 19.0 Å². The molecular weight excluding hydrogens is 279 g/mol. The van der Waals surface area contributed by atoms with Gasteiger partial charge in [-0.3, -0.25) is 0 Å². The molecule has 0 unspecified atom stereocenters. The lowest BCUT2D eigenvalue weighted by molar-refractivity contribution is 0.0599. The van der Waals surface area contributed by atoms with E-state index in [1.807, 2.05) is 0 Å². The molecule has 0 fully saturated rings. The van der Waals surface area contributed by atoms with Crippen molar-refractivity contribution in [2.24, 2.45) is 0 Å². The third-order valence-corrected chi connectivity index (χ3v) is 2.63. The van der Waals surface area contributed by atoms with Crippen molar-refractivity contribution >= 4 is 23.4 Å². The van der Waals surface area contributed by atoms with Gasteiger partial charge in [0.1, 0.15) is 17.2 Å². The van der Waals surface area contributed by atoms with Crippen LogP contribution in [-0.2, 0) is 4.74 Å². The minimum Gasteiger partial charge on any atom is -0.478 e. The summed E-state index contributed by atoms with van der Waals surface area (Å²) in [4.78, 5) is 26.2. The van der Waals surface area contributed by atoms with Gasteiger partial charge in [-0.05, 0) is 24.3 Å². The van der Waals surface area contributed by atoms with Gasteiger partial charge >= 0.3 is 11.9 Å². The fourth-order valence-electron chi connectivity index (χ4n) is 1.68. The average Bonchev–Trinajstić information content (AvgIpc) is 2.48. The highest BCUT2D eigenvalue weighted by Crippen LogP contribution is 2.20. The second kappa shape index (κ2) is 6.00. The lowest BCUT2D eigenvalue weighted by atomic mass is 10.2. The molecule has 2 rings (SSSR count). The zero-order valence-electron chi connectivity index (χ0n) is 11.0. The lowest BCUT2D eigenvalue weighted by Gasteiger charge is -2.09. The van der Waals surface area contributed by atoms with Crippen LogP contribution >= 0.6 is 0 Å². The monoisotopic (exact) mass is 290 g/mol. The predicted molar refractivity (Wildman–Crippen MR) is 72.2 cm³/mol. The standard InChI is InChI=1S/C14H11FN2O4/c1-21-14(20)8-3-2-4-10(5-8)17-12-11(13(18)19)6-9(15)7-16-12/h2-7H,1H3,(H,16,17)(H,18,19). The smallest absolute Gasteiger partial charge is 0.339 e. The van der Waals surface area contributed by atoms with E-state index in [2.05, 4.69) is 15.0 Å². The van der Waals surface area contributed by atoms with Gasteiger partial charge in [-0.1, -0.05) is 6.07 Å². The van der Waals surface area contributed by atoms with Crippen LogP contribution in [0.25, 0.3) is 0 Å². The van der Waals surface area contributed by atoms with Crippen molar-refractivity contribution in [2.75, 3.05) is 12.4 Å². The maximum Gasteiger partial charge on any atom is 0.339 e.